The zero-order chi connectivity index (χ0) is 18.6. The van der Waals surface area contributed by atoms with Gasteiger partial charge in [-0.25, -0.2) is 0 Å². The Morgan fingerprint density at radius 2 is 1.96 bits per heavy atom. The number of carboxylic acids is 1. The first kappa shape index (κ1) is 17.9. The molecule has 1 aromatic heterocycles. The summed E-state index contributed by atoms with van der Waals surface area (Å²) >= 11 is 12.0. The Kier molecular flexibility index (Phi) is 4.15. The van der Waals surface area contributed by atoms with Gasteiger partial charge in [-0.2, -0.15) is 13.2 Å². The summed E-state index contributed by atoms with van der Waals surface area (Å²) in [4.78, 5) is 27.4. The maximum Gasteiger partial charge on any atom is 0.406 e. The number of amides is 1. The SMILES string of the molecule is O=C(c1[nH]c2ccc(Cl)cc2c1Cl)N1CCC(C(=O)O)(C(F)(F)F)C1. The third-order valence-corrected chi connectivity index (χ3v) is 5.05. The van der Waals surface area contributed by atoms with E-state index in [1.165, 1.54) is 6.07 Å². The number of halogens is 5. The number of likely N-dealkylation sites (tertiary alicyclic amines) is 1. The summed E-state index contributed by atoms with van der Waals surface area (Å²) < 4.78 is 39.7. The maximum atomic E-state index is 13.2. The summed E-state index contributed by atoms with van der Waals surface area (Å²) in [7, 11) is 0. The third kappa shape index (κ3) is 2.73. The lowest BCUT2D eigenvalue weighted by Crippen LogP contribution is -2.47. The van der Waals surface area contributed by atoms with E-state index in [0.29, 0.717) is 15.9 Å². The molecule has 0 bridgehead atoms. The number of carbonyl (C=O) groups excluding carboxylic acids is 1. The molecule has 3 rings (SSSR count). The van der Waals surface area contributed by atoms with Crippen molar-refractivity contribution in [1.29, 1.82) is 0 Å². The fourth-order valence-electron chi connectivity index (χ4n) is 2.95. The Morgan fingerprint density at radius 3 is 2.52 bits per heavy atom. The molecule has 2 N–H and O–H groups in total. The average molecular weight is 395 g/mol. The summed E-state index contributed by atoms with van der Waals surface area (Å²) in [6.45, 7) is -1.30. The van der Waals surface area contributed by atoms with Gasteiger partial charge in [0.2, 0.25) is 0 Å². The van der Waals surface area contributed by atoms with Crippen LogP contribution in [-0.4, -0.2) is 46.1 Å². The van der Waals surface area contributed by atoms with Crippen LogP contribution in [0.3, 0.4) is 0 Å². The van der Waals surface area contributed by atoms with E-state index in [2.05, 4.69) is 4.98 Å². The first-order valence-corrected chi connectivity index (χ1v) is 7.88. The predicted octanol–water partition coefficient (Wildman–Crippen LogP) is 3.95. The summed E-state index contributed by atoms with van der Waals surface area (Å²) in [6, 6.07) is 4.68. The maximum absolute atomic E-state index is 13.2. The number of H-pyrrole nitrogens is 1. The zero-order valence-electron chi connectivity index (χ0n) is 12.5. The molecular formula is C15H11Cl2F3N2O3. The molecule has 1 atom stereocenters. The number of rotatable bonds is 2. The van der Waals surface area contributed by atoms with Gasteiger partial charge in [0.15, 0.2) is 5.41 Å². The van der Waals surface area contributed by atoms with Crippen molar-refractivity contribution in [3.05, 3.63) is 33.9 Å². The van der Waals surface area contributed by atoms with Crippen LogP contribution >= 0.6 is 23.2 Å². The van der Waals surface area contributed by atoms with Crippen molar-refractivity contribution < 1.29 is 27.9 Å². The summed E-state index contributed by atoms with van der Waals surface area (Å²) in [5.41, 5.74) is -2.57. The van der Waals surface area contributed by atoms with Gasteiger partial charge in [-0.15, -0.1) is 0 Å². The Morgan fingerprint density at radius 1 is 1.28 bits per heavy atom. The van der Waals surface area contributed by atoms with Gasteiger partial charge in [0.05, 0.1) is 5.02 Å². The molecule has 2 heterocycles. The van der Waals surface area contributed by atoms with Crippen molar-refractivity contribution in [2.24, 2.45) is 5.41 Å². The second-order valence-corrected chi connectivity index (χ2v) is 6.68. The lowest BCUT2D eigenvalue weighted by atomic mass is 9.86. The molecule has 1 unspecified atom stereocenters. The molecular weight excluding hydrogens is 384 g/mol. The molecule has 0 aliphatic carbocycles. The van der Waals surface area contributed by atoms with Crippen LogP contribution in [0, 0.1) is 5.41 Å². The van der Waals surface area contributed by atoms with Crippen molar-refractivity contribution in [1.82, 2.24) is 9.88 Å². The van der Waals surface area contributed by atoms with Crippen molar-refractivity contribution >= 4 is 46.0 Å². The number of aliphatic carboxylic acids is 1. The smallest absolute Gasteiger partial charge is 0.406 e. The van der Waals surface area contributed by atoms with Crippen LogP contribution in [0.15, 0.2) is 18.2 Å². The minimum Gasteiger partial charge on any atom is -0.481 e. The monoisotopic (exact) mass is 394 g/mol. The quantitative estimate of drug-likeness (QED) is 0.809. The highest BCUT2D eigenvalue weighted by Crippen LogP contribution is 2.46. The van der Waals surface area contributed by atoms with Crippen molar-refractivity contribution in [3.8, 4) is 0 Å². The molecule has 1 saturated heterocycles. The van der Waals surface area contributed by atoms with E-state index in [1.54, 1.807) is 12.1 Å². The van der Waals surface area contributed by atoms with Crippen LogP contribution in [0.25, 0.3) is 10.9 Å². The number of carbonyl (C=O) groups is 2. The van der Waals surface area contributed by atoms with Crippen LogP contribution in [-0.2, 0) is 4.79 Å². The van der Waals surface area contributed by atoms with Crippen LogP contribution in [0.2, 0.25) is 10.0 Å². The van der Waals surface area contributed by atoms with E-state index in [9.17, 15) is 22.8 Å². The van der Waals surface area contributed by atoms with E-state index in [1.807, 2.05) is 0 Å². The van der Waals surface area contributed by atoms with Gasteiger partial charge >= 0.3 is 12.1 Å². The third-order valence-electron chi connectivity index (χ3n) is 4.42. The highest BCUT2D eigenvalue weighted by Gasteiger charge is 2.64. The van der Waals surface area contributed by atoms with Crippen LogP contribution < -0.4 is 0 Å². The number of benzene rings is 1. The van der Waals surface area contributed by atoms with Gasteiger partial charge in [-0.05, 0) is 24.6 Å². The highest BCUT2D eigenvalue weighted by atomic mass is 35.5. The van der Waals surface area contributed by atoms with Gasteiger partial charge in [0.1, 0.15) is 5.69 Å². The van der Waals surface area contributed by atoms with Gasteiger partial charge in [-0.1, -0.05) is 23.2 Å². The van der Waals surface area contributed by atoms with E-state index < -0.39 is 36.4 Å². The molecule has 1 fully saturated rings. The molecule has 10 heteroatoms. The number of aromatic nitrogens is 1. The van der Waals surface area contributed by atoms with E-state index in [4.69, 9.17) is 28.3 Å². The standard InChI is InChI=1S/C15H11Cl2F3N2O3/c16-7-1-2-9-8(5-7)10(17)11(21-9)12(23)22-4-3-14(6-22,13(24)25)15(18,19)20/h1-2,5,21H,3-4,6H2,(H,24,25). The molecule has 25 heavy (non-hydrogen) atoms. The van der Waals surface area contributed by atoms with Crippen LogP contribution in [0.5, 0.6) is 0 Å². The number of nitrogens with one attached hydrogen (secondary N) is 1. The Labute approximate surface area is 149 Å². The molecule has 5 nitrogen and oxygen atoms in total. The number of nitrogens with zero attached hydrogens (tertiary/aromatic N) is 1. The van der Waals surface area contributed by atoms with Crippen LogP contribution in [0.1, 0.15) is 16.9 Å². The summed E-state index contributed by atoms with van der Waals surface area (Å²) in [6.07, 6.45) is -5.67. The topological polar surface area (TPSA) is 73.4 Å². The number of hydrogen-bond donors (Lipinski definition) is 2. The Balaban J connectivity index is 1.95. The normalized spacial score (nSPS) is 21.1. The number of alkyl halides is 3. The molecule has 1 aliphatic rings. The van der Waals surface area contributed by atoms with Crippen LogP contribution in [0.4, 0.5) is 13.2 Å². The molecule has 2 aromatic rings. The molecule has 1 aliphatic heterocycles. The van der Waals surface area contributed by atoms with Crippen molar-refractivity contribution in [2.45, 2.75) is 12.6 Å². The second kappa shape index (κ2) is 5.81. The fourth-order valence-corrected chi connectivity index (χ4v) is 3.40. The second-order valence-electron chi connectivity index (χ2n) is 5.87. The lowest BCUT2D eigenvalue weighted by Gasteiger charge is -2.27. The predicted molar refractivity (Wildman–Crippen MR) is 85.0 cm³/mol. The zero-order valence-corrected chi connectivity index (χ0v) is 14.0. The minimum absolute atomic E-state index is 0.0299. The first-order valence-electron chi connectivity index (χ1n) is 7.13. The largest absolute Gasteiger partial charge is 0.481 e. The molecule has 1 aromatic carbocycles. The van der Waals surface area contributed by atoms with E-state index in [0.717, 1.165) is 4.90 Å². The lowest BCUT2D eigenvalue weighted by molar-refractivity contribution is -0.227. The molecule has 0 radical (unpaired) electrons. The first-order chi connectivity index (χ1) is 11.6. The fraction of sp³-hybridized carbons (Fsp3) is 0.333. The van der Waals surface area contributed by atoms with Gasteiger partial charge in [0.25, 0.3) is 5.91 Å². The number of fused-ring (bicyclic) bond motifs is 1. The highest BCUT2D eigenvalue weighted by molar-refractivity contribution is 6.39. The van der Waals surface area contributed by atoms with E-state index >= 15 is 0 Å². The van der Waals surface area contributed by atoms with Gasteiger partial charge in [-0.3, -0.25) is 9.59 Å². The minimum atomic E-state index is -4.97. The Bertz CT molecular complexity index is 881. The molecule has 0 spiro atoms. The number of hydrogen-bond acceptors (Lipinski definition) is 2. The molecule has 134 valence electrons. The average Bonchev–Trinajstić information content (AvgIpc) is 3.10. The molecule has 0 saturated carbocycles. The Hall–Kier alpha value is -1.93. The number of carboxylic acid groups (broad SMARTS) is 1. The number of aromatic amines is 1. The van der Waals surface area contributed by atoms with Crippen molar-refractivity contribution in [2.75, 3.05) is 13.1 Å². The summed E-state index contributed by atoms with van der Waals surface area (Å²) in [5.74, 6) is -2.78. The van der Waals surface area contributed by atoms with Crippen molar-refractivity contribution in [3.63, 3.8) is 0 Å². The van der Waals surface area contributed by atoms with Gasteiger partial charge < -0.3 is 15.0 Å². The van der Waals surface area contributed by atoms with E-state index in [-0.39, 0.29) is 17.3 Å². The van der Waals surface area contributed by atoms with Gasteiger partial charge in [0, 0.05) is 29.0 Å². The molecule has 1 amide bonds. The summed E-state index contributed by atoms with van der Waals surface area (Å²) in [5, 5.41) is 9.93.